The first kappa shape index (κ1) is 13.2. The summed E-state index contributed by atoms with van der Waals surface area (Å²) in [7, 11) is 0. The number of benzene rings is 1. The summed E-state index contributed by atoms with van der Waals surface area (Å²) < 4.78 is 5.28. The third-order valence-corrected chi connectivity index (χ3v) is 3.49. The zero-order valence-electron chi connectivity index (χ0n) is 10.1. The predicted molar refractivity (Wildman–Crippen MR) is 71.7 cm³/mol. The first-order valence-electron chi connectivity index (χ1n) is 6.08. The lowest BCUT2D eigenvalue weighted by Crippen LogP contribution is -2.32. The number of carbonyl (C=O) groups excluding carboxylic acids is 1. The lowest BCUT2D eigenvalue weighted by molar-refractivity contribution is 0.0642. The Hall–Kier alpha value is -1.26. The average Bonchev–Trinajstić information content (AvgIpc) is 2.40. The molecular weight excluding hydrogens is 252 g/mol. The Balaban J connectivity index is 1.88. The largest absolute Gasteiger partial charge is 0.398 e. The first-order chi connectivity index (χ1) is 8.66. The molecule has 4 nitrogen and oxygen atoms in total. The summed E-state index contributed by atoms with van der Waals surface area (Å²) in [4.78, 5) is 11.9. The second-order valence-corrected chi connectivity index (χ2v) is 4.91. The molecule has 1 aliphatic rings. The number of amides is 1. The van der Waals surface area contributed by atoms with Gasteiger partial charge in [-0.1, -0.05) is 11.6 Å². The molecule has 0 aromatic heterocycles. The van der Waals surface area contributed by atoms with E-state index in [4.69, 9.17) is 22.1 Å². The molecule has 0 atom stereocenters. The SMILES string of the molecule is Nc1cc(C(=O)NCC2CCOCC2)ccc1Cl. The van der Waals surface area contributed by atoms with E-state index in [9.17, 15) is 4.79 Å². The lowest BCUT2D eigenvalue weighted by Gasteiger charge is -2.22. The van der Waals surface area contributed by atoms with Gasteiger partial charge in [0, 0.05) is 25.3 Å². The van der Waals surface area contributed by atoms with Crippen LogP contribution in [0.25, 0.3) is 0 Å². The summed E-state index contributed by atoms with van der Waals surface area (Å²) in [5.41, 5.74) is 6.64. The number of hydrogen-bond acceptors (Lipinski definition) is 3. The van der Waals surface area contributed by atoms with Gasteiger partial charge in [0.25, 0.3) is 5.91 Å². The highest BCUT2D eigenvalue weighted by atomic mass is 35.5. The topological polar surface area (TPSA) is 64.4 Å². The van der Waals surface area contributed by atoms with Gasteiger partial charge in [0.15, 0.2) is 0 Å². The molecule has 0 spiro atoms. The normalized spacial score (nSPS) is 16.5. The number of hydrogen-bond donors (Lipinski definition) is 2. The van der Waals surface area contributed by atoms with Gasteiger partial charge in [-0.3, -0.25) is 4.79 Å². The zero-order valence-corrected chi connectivity index (χ0v) is 10.9. The molecule has 0 unspecified atom stereocenters. The minimum Gasteiger partial charge on any atom is -0.398 e. The van der Waals surface area contributed by atoms with E-state index in [1.165, 1.54) is 0 Å². The van der Waals surface area contributed by atoms with E-state index < -0.39 is 0 Å². The molecule has 1 aliphatic heterocycles. The van der Waals surface area contributed by atoms with Crippen LogP contribution in [0.5, 0.6) is 0 Å². The molecule has 0 bridgehead atoms. The van der Waals surface area contributed by atoms with E-state index >= 15 is 0 Å². The minimum absolute atomic E-state index is 0.107. The molecule has 1 aromatic carbocycles. The number of rotatable bonds is 3. The molecule has 0 radical (unpaired) electrons. The van der Waals surface area contributed by atoms with Gasteiger partial charge in [-0.05, 0) is 37.0 Å². The summed E-state index contributed by atoms with van der Waals surface area (Å²) in [6.07, 6.45) is 2.01. The third kappa shape index (κ3) is 3.37. The molecule has 2 rings (SSSR count). The molecule has 1 saturated heterocycles. The Labute approximate surface area is 111 Å². The van der Waals surface area contributed by atoms with Gasteiger partial charge < -0.3 is 15.8 Å². The van der Waals surface area contributed by atoms with Crippen LogP contribution in [0.3, 0.4) is 0 Å². The van der Waals surface area contributed by atoms with Crippen LogP contribution < -0.4 is 11.1 Å². The van der Waals surface area contributed by atoms with Crippen molar-refractivity contribution < 1.29 is 9.53 Å². The van der Waals surface area contributed by atoms with E-state index in [0.29, 0.717) is 28.7 Å². The number of nitrogen functional groups attached to an aromatic ring is 1. The third-order valence-electron chi connectivity index (χ3n) is 3.15. The van der Waals surface area contributed by atoms with Crippen molar-refractivity contribution in [2.24, 2.45) is 5.92 Å². The summed E-state index contributed by atoms with van der Waals surface area (Å²) in [5, 5.41) is 3.39. The van der Waals surface area contributed by atoms with Crippen LogP contribution in [0, 0.1) is 5.92 Å². The highest BCUT2D eigenvalue weighted by Crippen LogP contribution is 2.19. The van der Waals surface area contributed by atoms with Crippen molar-refractivity contribution in [2.45, 2.75) is 12.8 Å². The fraction of sp³-hybridized carbons (Fsp3) is 0.462. The van der Waals surface area contributed by atoms with Crippen molar-refractivity contribution in [1.82, 2.24) is 5.32 Å². The number of nitrogens with one attached hydrogen (secondary N) is 1. The van der Waals surface area contributed by atoms with Crippen molar-refractivity contribution in [3.63, 3.8) is 0 Å². The molecule has 0 aliphatic carbocycles. The van der Waals surface area contributed by atoms with Gasteiger partial charge in [-0.25, -0.2) is 0 Å². The Morgan fingerprint density at radius 3 is 2.83 bits per heavy atom. The molecule has 3 N–H and O–H groups in total. The maximum atomic E-state index is 11.9. The van der Waals surface area contributed by atoms with Crippen molar-refractivity contribution in [3.8, 4) is 0 Å². The van der Waals surface area contributed by atoms with E-state index in [-0.39, 0.29) is 5.91 Å². The van der Waals surface area contributed by atoms with Crippen LogP contribution in [0.2, 0.25) is 5.02 Å². The average molecular weight is 269 g/mol. The first-order valence-corrected chi connectivity index (χ1v) is 6.45. The monoisotopic (exact) mass is 268 g/mol. The van der Waals surface area contributed by atoms with E-state index in [1.54, 1.807) is 18.2 Å². The maximum absolute atomic E-state index is 11.9. The van der Waals surface area contributed by atoms with Crippen molar-refractivity contribution in [1.29, 1.82) is 0 Å². The van der Waals surface area contributed by atoms with Crippen molar-refractivity contribution >= 4 is 23.2 Å². The summed E-state index contributed by atoms with van der Waals surface area (Å²) in [6.45, 7) is 2.26. The number of nitrogens with two attached hydrogens (primary N) is 1. The molecular formula is C13H17ClN2O2. The fourth-order valence-corrected chi connectivity index (χ4v) is 2.09. The van der Waals surface area contributed by atoms with Gasteiger partial charge in [-0.2, -0.15) is 0 Å². The summed E-state index contributed by atoms with van der Waals surface area (Å²) in [5.74, 6) is 0.400. The number of halogens is 1. The Kier molecular flexibility index (Phi) is 4.44. The molecule has 1 amide bonds. The van der Waals surface area contributed by atoms with Crippen LogP contribution in [0.1, 0.15) is 23.2 Å². The van der Waals surface area contributed by atoms with Crippen molar-refractivity contribution in [2.75, 3.05) is 25.5 Å². The second kappa shape index (κ2) is 6.07. The van der Waals surface area contributed by atoms with Crippen LogP contribution >= 0.6 is 11.6 Å². The lowest BCUT2D eigenvalue weighted by atomic mass is 10.0. The molecule has 1 aromatic rings. The summed E-state index contributed by atoms with van der Waals surface area (Å²) >= 11 is 5.81. The van der Waals surface area contributed by atoms with Gasteiger partial charge >= 0.3 is 0 Å². The highest BCUT2D eigenvalue weighted by molar-refractivity contribution is 6.33. The maximum Gasteiger partial charge on any atom is 0.251 e. The Morgan fingerprint density at radius 1 is 1.44 bits per heavy atom. The second-order valence-electron chi connectivity index (χ2n) is 4.50. The number of anilines is 1. The molecule has 1 heterocycles. The molecule has 5 heteroatoms. The van der Waals surface area contributed by atoms with Crippen molar-refractivity contribution in [3.05, 3.63) is 28.8 Å². The van der Waals surface area contributed by atoms with E-state index in [1.807, 2.05) is 0 Å². The number of ether oxygens (including phenoxy) is 1. The van der Waals surface area contributed by atoms with Crippen LogP contribution in [0.15, 0.2) is 18.2 Å². The molecule has 98 valence electrons. The standard InChI is InChI=1S/C13H17ClN2O2/c14-11-2-1-10(7-12(11)15)13(17)16-8-9-3-5-18-6-4-9/h1-2,7,9H,3-6,8,15H2,(H,16,17). The Morgan fingerprint density at radius 2 is 2.17 bits per heavy atom. The minimum atomic E-state index is -0.107. The number of carbonyl (C=O) groups is 1. The van der Waals surface area contributed by atoms with Gasteiger partial charge in [0.2, 0.25) is 0 Å². The quantitative estimate of drug-likeness (QED) is 0.825. The zero-order chi connectivity index (χ0) is 13.0. The predicted octanol–water partition coefficient (Wildman–Crippen LogP) is 2.08. The van der Waals surface area contributed by atoms with Crippen LogP contribution in [-0.2, 0) is 4.74 Å². The van der Waals surface area contributed by atoms with Gasteiger partial charge in [0.05, 0.1) is 10.7 Å². The Bertz CT molecular complexity index is 431. The van der Waals surface area contributed by atoms with Gasteiger partial charge in [0.1, 0.15) is 0 Å². The van der Waals surface area contributed by atoms with E-state index in [0.717, 1.165) is 26.1 Å². The highest BCUT2D eigenvalue weighted by Gasteiger charge is 2.15. The molecule has 0 saturated carbocycles. The van der Waals surface area contributed by atoms with E-state index in [2.05, 4.69) is 5.32 Å². The molecule has 1 fully saturated rings. The van der Waals surface area contributed by atoms with Gasteiger partial charge in [-0.15, -0.1) is 0 Å². The van der Waals surface area contributed by atoms with Crippen LogP contribution in [-0.4, -0.2) is 25.7 Å². The fourth-order valence-electron chi connectivity index (χ4n) is 1.97. The summed E-state index contributed by atoms with van der Waals surface area (Å²) in [6, 6.07) is 4.92. The smallest absolute Gasteiger partial charge is 0.251 e. The molecule has 18 heavy (non-hydrogen) atoms. The van der Waals surface area contributed by atoms with Crippen LogP contribution in [0.4, 0.5) is 5.69 Å².